The lowest BCUT2D eigenvalue weighted by Gasteiger charge is -2.34. The maximum absolute atomic E-state index is 13.1. The summed E-state index contributed by atoms with van der Waals surface area (Å²) in [7, 11) is 0. The van der Waals surface area contributed by atoms with Gasteiger partial charge in [-0.15, -0.1) is 0 Å². The molecular weight excluding hydrogens is 430 g/mol. The summed E-state index contributed by atoms with van der Waals surface area (Å²) in [5, 5.41) is 22.8. The summed E-state index contributed by atoms with van der Waals surface area (Å²) < 4.78 is 0. The first-order valence-electron chi connectivity index (χ1n) is 11.0. The molecule has 2 aromatic rings. The number of anilines is 1. The molecule has 0 aliphatic heterocycles. The van der Waals surface area contributed by atoms with E-state index in [4.69, 9.17) is 11.6 Å². The third kappa shape index (κ3) is 5.52. The van der Waals surface area contributed by atoms with Crippen molar-refractivity contribution < 1.29 is 15.0 Å². The number of benzene rings is 1. The van der Waals surface area contributed by atoms with Crippen LogP contribution in [0.1, 0.15) is 58.4 Å². The zero-order chi connectivity index (χ0) is 23.4. The first-order chi connectivity index (χ1) is 15.2. The lowest BCUT2D eigenvalue weighted by molar-refractivity contribution is 0.0950. The van der Waals surface area contributed by atoms with Gasteiger partial charge in [0, 0.05) is 46.7 Å². The summed E-state index contributed by atoms with van der Waals surface area (Å²) in [6, 6.07) is 5.53. The van der Waals surface area contributed by atoms with Crippen molar-refractivity contribution in [1.29, 1.82) is 0 Å². The molecule has 3 rings (SSSR count). The minimum Gasteiger partial charge on any atom is -0.394 e. The fourth-order valence-corrected chi connectivity index (χ4v) is 4.72. The Hall–Kier alpha value is -2.35. The standard InChI is InChI=1S/C24H32ClN3O4/c1-14-8-15(2)27-24(32)21(14)11-26-23(31)20-9-17(25)10-22(16(20)3)28(12-19(30)13-29)18-6-4-5-7-18/h8-10,18-19,29-30H,4-7,11-13H2,1-3H3,(H,26,31)(H,27,32). The number of aliphatic hydroxyl groups excluding tert-OH is 2. The maximum Gasteiger partial charge on any atom is 0.253 e. The number of H-pyrrole nitrogens is 1. The Bertz CT molecular complexity index is 1030. The fraction of sp³-hybridized carbons (Fsp3) is 0.500. The van der Waals surface area contributed by atoms with Gasteiger partial charge in [-0.2, -0.15) is 0 Å². The minimum absolute atomic E-state index is 0.108. The SMILES string of the molecule is Cc1cc(C)c(CNC(=O)c2cc(Cl)cc(N(CC(O)CO)C3CCCC3)c2C)c(=O)[nH]1. The molecule has 4 N–H and O–H groups in total. The molecule has 8 heteroatoms. The molecule has 1 fully saturated rings. The molecule has 0 radical (unpaired) electrons. The van der Waals surface area contributed by atoms with Crippen LogP contribution in [-0.2, 0) is 6.54 Å². The summed E-state index contributed by atoms with van der Waals surface area (Å²) in [5.74, 6) is -0.320. The second-order valence-electron chi connectivity index (χ2n) is 8.65. The zero-order valence-electron chi connectivity index (χ0n) is 18.9. The van der Waals surface area contributed by atoms with E-state index in [1.807, 2.05) is 32.9 Å². The average molecular weight is 462 g/mol. The van der Waals surface area contributed by atoms with Gasteiger partial charge in [0.1, 0.15) is 0 Å². The predicted molar refractivity (Wildman–Crippen MR) is 127 cm³/mol. The summed E-state index contributed by atoms with van der Waals surface area (Å²) in [4.78, 5) is 30.2. The number of nitrogens with zero attached hydrogens (tertiary/aromatic N) is 1. The van der Waals surface area contributed by atoms with E-state index in [1.54, 1.807) is 6.07 Å². The highest BCUT2D eigenvalue weighted by atomic mass is 35.5. The van der Waals surface area contributed by atoms with E-state index in [0.29, 0.717) is 16.1 Å². The topological polar surface area (TPSA) is 106 Å². The van der Waals surface area contributed by atoms with Crippen LogP contribution in [0.3, 0.4) is 0 Å². The Morgan fingerprint density at radius 1 is 1.25 bits per heavy atom. The van der Waals surface area contributed by atoms with Gasteiger partial charge in [0.05, 0.1) is 12.7 Å². The Kier molecular flexibility index (Phi) is 7.98. The number of hydrogen-bond donors (Lipinski definition) is 4. The number of carbonyl (C=O) groups is 1. The van der Waals surface area contributed by atoms with Gasteiger partial charge >= 0.3 is 0 Å². The number of amides is 1. The summed E-state index contributed by atoms with van der Waals surface area (Å²) >= 11 is 6.40. The van der Waals surface area contributed by atoms with Crippen LogP contribution in [0, 0.1) is 20.8 Å². The third-order valence-electron chi connectivity index (χ3n) is 6.20. The van der Waals surface area contributed by atoms with E-state index in [0.717, 1.165) is 48.2 Å². The van der Waals surface area contributed by atoms with Gasteiger partial charge in [-0.25, -0.2) is 0 Å². The summed E-state index contributed by atoms with van der Waals surface area (Å²) in [6.07, 6.45) is 3.30. The molecule has 1 saturated carbocycles. The van der Waals surface area contributed by atoms with E-state index in [2.05, 4.69) is 15.2 Å². The first kappa shape index (κ1) is 24.3. The number of aliphatic hydroxyl groups is 2. The Morgan fingerprint density at radius 2 is 1.94 bits per heavy atom. The van der Waals surface area contributed by atoms with Gasteiger partial charge in [-0.3, -0.25) is 9.59 Å². The van der Waals surface area contributed by atoms with Crippen LogP contribution in [0.2, 0.25) is 5.02 Å². The number of aromatic amines is 1. The lowest BCUT2D eigenvalue weighted by atomic mass is 10.0. The zero-order valence-corrected chi connectivity index (χ0v) is 19.6. The normalized spacial score (nSPS) is 15.1. The number of aromatic nitrogens is 1. The Balaban J connectivity index is 1.89. The van der Waals surface area contributed by atoms with E-state index >= 15 is 0 Å². The summed E-state index contributed by atoms with van der Waals surface area (Å²) in [6.45, 7) is 5.56. The van der Waals surface area contributed by atoms with Gasteiger partial charge in [-0.1, -0.05) is 24.4 Å². The molecule has 1 atom stereocenters. The third-order valence-corrected chi connectivity index (χ3v) is 6.42. The van der Waals surface area contributed by atoms with Gasteiger partial charge in [0.15, 0.2) is 0 Å². The molecule has 174 valence electrons. The lowest BCUT2D eigenvalue weighted by Crippen LogP contribution is -2.41. The minimum atomic E-state index is -0.887. The van der Waals surface area contributed by atoms with Crippen molar-refractivity contribution in [2.24, 2.45) is 0 Å². The van der Waals surface area contributed by atoms with E-state index in [9.17, 15) is 19.8 Å². The Labute approximate surface area is 193 Å². The highest BCUT2D eigenvalue weighted by molar-refractivity contribution is 6.31. The van der Waals surface area contributed by atoms with Crippen molar-refractivity contribution in [3.63, 3.8) is 0 Å². The highest BCUT2D eigenvalue weighted by Crippen LogP contribution is 2.34. The van der Waals surface area contributed by atoms with Crippen LogP contribution in [0.25, 0.3) is 0 Å². The number of halogens is 1. The number of hydrogen-bond acceptors (Lipinski definition) is 5. The molecule has 1 aromatic carbocycles. The largest absolute Gasteiger partial charge is 0.394 e. The van der Waals surface area contributed by atoms with Gasteiger partial charge in [0.2, 0.25) is 0 Å². The highest BCUT2D eigenvalue weighted by Gasteiger charge is 2.27. The molecule has 1 aromatic heterocycles. The number of carbonyl (C=O) groups excluding carboxylic acids is 1. The van der Waals surface area contributed by atoms with Crippen molar-refractivity contribution in [3.05, 3.63) is 61.5 Å². The number of nitrogens with one attached hydrogen (secondary N) is 2. The van der Waals surface area contributed by atoms with Crippen molar-refractivity contribution >= 4 is 23.2 Å². The molecule has 1 amide bonds. The van der Waals surface area contributed by atoms with Crippen molar-refractivity contribution in [3.8, 4) is 0 Å². The molecule has 0 spiro atoms. The Morgan fingerprint density at radius 3 is 2.56 bits per heavy atom. The van der Waals surface area contributed by atoms with Crippen LogP contribution in [-0.4, -0.2) is 46.4 Å². The first-order valence-corrected chi connectivity index (χ1v) is 11.4. The number of pyridine rings is 1. The monoisotopic (exact) mass is 461 g/mol. The average Bonchev–Trinajstić information content (AvgIpc) is 3.27. The molecule has 1 aliphatic rings. The summed E-state index contributed by atoms with van der Waals surface area (Å²) in [5.41, 5.74) is 3.86. The van der Waals surface area contributed by atoms with Crippen molar-refractivity contribution in [1.82, 2.24) is 10.3 Å². The quantitative estimate of drug-likeness (QED) is 0.483. The van der Waals surface area contributed by atoms with E-state index in [1.165, 1.54) is 0 Å². The van der Waals surface area contributed by atoms with Crippen LogP contribution in [0.4, 0.5) is 5.69 Å². The molecule has 0 bridgehead atoms. The molecule has 1 aliphatic carbocycles. The van der Waals surface area contributed by atoms with E-state index < -0.39 is 6.10 Å². The molecule has 1 unspecified atom stereocenters. The molecular formula is C24H32ClN3O4. The van der Waals surface area contributed by atoms with Crippen LogP contribution in [0.5, 0.6) is 0 Å². The van der Waals surface area contributed by atoms with Gasteiger partial charge in [0.25, 0.3) is 11.5 Å². The van der Waals surface area contributed by atoms with Crippen LogP contribution >= 0.6 is 11.6 Å². The van der Waals surface area contributed by atoms with Gasteiger partial charge < -0.3 is 25.4 Å². The van der Waals surface area contributed by atoms with E-state index in [-0.39, 0.29) is 37.2 Å². The van der Waals surface area contributed by atoms with Crippen LogP contribution < -0.4 is 15.8 Å². The molecule has 0 saturated heterocycles. The maximum atomic E-state index is 13.1. The fourth-order valence-electron chi connectivity index (χ4n) is 4.51. The second-order valence-corrected chi connectivity index (χ2v) is 9.09. The van der Waals surface area contributed by atoms with Crippen molar-refractivity contribution in [2.75, 3.05) is 18.1 Å². The molecule has 32 heavy (non-hydrogen) atoms. The smallest absolute Gasteiger partial charge is 0.253 e. The predicted octanol–water partition coefficient (Wildman–Crippen LogP) is 2.99. The van der Waals surface area contributed by atoms with Crippen molar-refractivity contribution in [2.45, 2.75) is 65.1 Å². The molecule has 7 nitrogen and oxygen atoms in total. The van der Waals surface area contributed by atoms with Crippen LogP contribution in [0.15, 0.2) is 23.0 Å². The number of aryl methyl sites for hydroxylation is 2. The number of rotatable bonds is 8. The molecule has 1 heterocycles. The second kappa shape index (κ2) is 10.5. The van der Waals surface area contributed by atoms with Gasteiger partial charge in [-0.05, 0) is 62.9 Å².